The van der Waals surface area contributed by atoms with Crippen molar-refractivity contribution in [1.82, 2.24) is 5.32 Å². The van der Waals surface area contributed by atoms with Crippen molar-refractivity contribution in [2.24, 2.45) is 0 Å². The zero-order valence-electron chi connectivity index (χ0n) is 20.8. The molecule has 0 saturated carbocycles. The van der Waals surface area contributed by atoms with E-state index < -0.39 is 37.9 Å². The van der Waals surface area contributed by atoms with Crippen LogP contribution in [0.25, 0.3) is 0 Å². The largest absolute Gasteiger partial charge is 0.497 e. The molecule has 3 aromatic carbocycles. The fourth-order valence-electron chi connectivity index (χ4n) is 3.99. The minimum absolute atomic E-state index is 0.0558. The number of hydrogen-bond acceptors (Lipinski definition) is 7. The van der Waals surface area contributed by atoms with Crippen molar-refractivity contribution in [2.75, 3.05) is 24.2 Å². The second-order valence-electron chi connectivity index (χ2n) is 8.86. The SMILES string of the molecule is COc1ccc(S(=O)(=O)N2CC(C(=O)NC(C)c3ccc(S(C)(=O)=O)cc3)Oc3cc(C)ccc32)cc1. The highest BCUT2D eigenvalue weighted by Crippen LogP contribution is 2.38. The number of nitrogens with one attached hydrogen (secondary N) is 1. The number of fused-ring (bicyclic) bond motifs is 1. The Kier molecular flexibility index (Phi) is 7.20. The molecule has 0 saturated heterocycles. The Bertz CT molecular complexity index is 1520. The maximum Gasteiger partial charge on any atom is 0.264 e. The van der Waals surface area contributed by atoms with Gasteiger partial charge in [0.1, 0.15) is 11.5 Å². The summed E-state index contributed by atoms with van der Waals surface area (Å²) in [7, 11) is -5.87. The standard InChI is InChI=1S/C26H28N2O7S2/c1-17-5-14-23-24(15-17)35-25(16-28(23)37(32,33)22-12-8-20(34-3)9-13-22)26(29)27-18(2)19-6-10-21(11-7-19)36(4,30)31/h5-15,18,25H,16H2,1-4H3,(H,27,29). The normalized spacial score (nSPS) is 16.3. The molecule has 4 rings (SSSR count). The number of rotatable bonds is 7. The number of amides is 1. The number of ether oxygens (including phenoxy) is 2. The number of hydrogen-bond donors (Lipinski definition) is 1. The highest BCUT2D eigenvalue weighted by molar-refractivity contribution is 7.92. The number of benzene rings is 3. The first-order chi connectivity index (χ1) is 17.4. The van der Waals surface area contributed by atoms with Gasteiger partial charge in [0, 0.05) is 6.26 Å². The zero-order valence-corrected chi connectivity index (χ0v) is 22.5. The molecular formula is C26H28N2O7S2. The zero-order chi connectivity index (χ0) is 27.0. The van der Waals surface area contributed by atoms with Crippen molar-refractivity contribution in [3.05, 3.63) is 77.9 Å². The molecule has 37 heavy (non-hydrogen) atoms. The van der Waals surface area contributed by atoms with Crippen LogP contribution in [0.15, 0.2) is 76.5 Å². The summed E-state index contributed by atoms with van der Waals surface area (Å²) in [6.45, 7) is 3.37. The highest BCUT2D eigenvalue weighted by atomic mass is 32.2. The van der Waals surface area contributed by atoms with E-state index in [2.05, 4.69) is 5.32 Å². The van der Waals surface area contributed by atoms with Crippen LogP contribution < -0.4 is 19.1 Å². The molecule has 3 aromatic rings. The molecule has 0 bridgehead atoms. The molecular weight excluding hydrogens is 516 g/mol. The van der Waals surface area contributed by atoms with Gasteiger partial charge in [-0.3, -0.25) is 9.10 Å². The molecule has 0 spiro atoms. The number of methoxy groups -OCH3 is 1. The number of sulfone groups is 1. The van der Waals surface area contributed by atoms with Crippen LogP contribution in [0.3, 0.4) is 0 Å². The van der Waals surface area contributed by atoms with Crippen LogP contribution in [-0.4, -0.2) is 48.8 Å². The molecule has 0 radical (unpaired) electrons. The maximum absolute atomic E-state index is 13.6. The molecule has 1 aliphatic rings. The first-order valence-electron chi connectivity index (χ1n) is 11.4. The fourth-order valence-corrected chi connectivity index (χ4v) is 6.10. The third-order valence-corrected chi connectivity index (χ3v) is 9.01. The Morgan fingerprint density at radius 3 is 2.22 bits per heavy atom. The van der Waals surface area contributed by atoms with Crippen molar-refractivity contribution in [3.8, 4) is 11.5 Å². The van der Waals surface area contributed by atoms with E-state index in [0.29, 0.717) is 17.0 Å². The van der Waals surface area contributed by atoms with E-state index in [4.69, 9.17) is 9.47 Å². The smallest absolute Gasteiger partial charge is 0.264 e. The van der Waals surface area contributed by atoms with Gasteiger partial charge in [-0.25, -0.2) is 16.8 Å². The van der Waals surface area contributed by atoms with Crippen LogP contribution in [0.5, 0.6) is 11.5 Å². The summed E-state index contributed by atoms with van der Waals surface area (Å²) in [5, 5.41) is 2.84. The van der Waals surface area contributed by atoms with E-state index in [-0.39, 0.29) is 22.1 Å². The van der Waals surface area contributed by atoms with Crippen LogP contribution in [0.2, 0.25) is 0 Å². The molecule has 11 heteroatoms. The molecule has 0 aromatic heterocycles. The Morgan fingerprint density at radius 2 is 1.62 bits per heavy atom. The lowest BCUT2D eigenvalue weighted by Crippen LogP contribution is -2.51. The van der Waals surface area contributed by atoms with Gasteiger partial charge in [0.05, 0.1) is 35.2 Å². The van der Waals surface area contributed by atoms with Gasteiger partial charge < -0.3 is 14.8 Å². The Morgan fingerprint density at radius 1 is 1.00 bits per heavy atom. The van der Waals surface area contributed by atoms with E-state index in [1.807, 2.05) is 6.92 Å². The summed E-state index contributed by atoms with van der Waals surface area (Å²) in [4.78, 5) is 13.5. The average Bonchev–Trinajstić information content (AvgIpc) is 2.87. The monoisotopic (exact) mass is 544 g/mol. The lowest BCUT2D eigenvalue weighted by Gasteiger charge is -2.35. The topological polar surface area (TPSA) is 119 Å². The molecule has 0 fully saturated rings. The predicted octanol–water partition coefficient (Wildman–Crippen LogP) is 3.24. The number of anilines is 1. The molecule has 1 heterocycles. The van der Waals surface area contributed by atoms with Gasteiger partial charge in [-0.1, -0.05) is 18.2 Å². The lowest BCUT2D eigenvalue weighted by atomic mass is 10.1. The van der Waals surface area contributed by atoms with Crippen molar-refractivity contribution in [3.63, 3.8) is 0 Å². The van der Waals surface area contributed by atoms with Crippen LogP contribution in [0.4, 0.5) is 5.69 Å². The third kappa shape index (κ3) is 5.57. The van der Waals surface area contributed by atoms with Gasteiger partial charge in [-0.2, -0.15) is 0 Å². The van der Waals surface area contributed by atoms with Crippen LogP contribution in [-0.2, 0) is 24.7 Å². The maximum atomic E-state index is 13.6. The van der Waals surface area contributed by atoms with Crippen molar-refractivity contribution >= 4 is 31.5 Å². The van der Waals surface area contributed by atoms with Crippen molar-refractivity contribution < 1.29 is 31.1 Å². The quantitative estimate of drug-likeness (QED) is 0.485. The molecule has 196 valence electrons. The summed E-state index contributed by atoms with van der Waals surface area (Å²) >= 11 is 0. The van der Waals surface area contributed by atoms with E-state index in [0.717, 1.165) is 11.8 Å². The Balaban J connectivity index is 1.60. The Labute approximate surface area is 217 Å². The van der Waals surface area contributed by atoms with E-state index in [1.165, 1.54) is 35.7 Å². The molecule has 1 aliphatic heterocycles. The molecule has 2 unspecified atom stereocenters. The van der Waals surface area contributed by atoms with E-state index >= 15 is 0 Å². The number of carbonyl (C=O) groups is 1. The first-order valence-corrected chi connectivity index (χ1v) is 14.8. The molecule has 0 aliphatic carbocycles. The second-order valence-corrected chi connectivity index (χ2v) is 12.7. The first kappa shape index (κ1) is 26.5. The summed E-state index contributed by atoms with van der Waals surface area (Å²) in [6.07, 6.45) is 0.0129. The number of sulfonamides is 1. The second kappa shape index (κ2) is 10.1. The number of aryl methyl sites for hydroxylation is 1. The summed E-state index contributed by atoms with van der Waals surface area (Å²) in [5.41, 5.74) is 1.88. The minimum atomic E-state index is -4.02. The van der Waals surface area contributed by atoms with E-state index in [9.17, 15) is 21.6 Å². The molecule has 9 nitrogen and oxygen atoms in total. The fraction of sp³-hybridized carbons (Fsp3) is 0.269. The Hall–Kier alpha value is -3.57. The summed E-state index contributed by atoms with van der Waals surface area (Å²) < 4.78 is 62.9. The van der Waals surface area contributed by atoms with Gasteiger partial charge in [-0.15, -0.1) is 0 Å². The molecule has 1 N–H and O–H groups in total. The van der Waals surface area contributed by atoms with Gasteiger partial charge in [0.25, 0.3) is 15.9 Å². The van der Waals surface area contributed by atoms with Gasteiger partial charge in [0.15, 0.2) is 15.9 Å². The number of carbonyl (C=O) groups excluding carboxylic acids is 1. The van der Waals surface area contributed by atoms with Crippen LogP contribution in [0, 0.1) is 6.92 Å². The van der Waals surface area contributed by atoms with E-state index in [1.54, 1.807) is 49.4 Å². The van der Waals surface area contributed by atoms with Gasteiger partial charge in [0.2, 0.25) is 0 Å². The van der Waals surface area contributed by atoms with Crippen LogP contribution in [0.1, 0.15) is 24.1 Å². The highest BCUT2D eigenvalue weighted by Gasteiger charge is 2.38. The summed E-state index contributed by atoms with van der Waals surface area (Å²) in [5.74, 6) is 0.309. The predicted molar refractivity (Wildman–Crippen MR) is 139 cm³/mol. The lowest BCUT2D eigenvalue weighted by molar-refractivity contribution is -0.128. The summed E-state index contributed by atoms with van der Waals surface area (Å²) in [6, 6.07) is 16.9. The number of nitrogens with zero attached hydrogens (tertiary/aromatic N) is 1. The minimum Gasteiger partial charge on any atom is -0.497 e. The molecule has 1 amide bonds. The van der Waals surface area contributed by atoms with Crippen molar-refractivity contribution in [1.29, 1.82) is 0 Å². The molecule has 2 atom stereocenters. The average molecular weight is 545 g/mol. The third-order valence-electron chi connectivity index (χ3n) is 6.09. The van der Waals surface area contributed by atoms with Gasteiger partial charge in [-0.05, 0) is 73.5 Å². The van der Waals surface area contributed by atoms with Crippen LogP contribution >= 0.6 is 0 Å². The van der Waals surface area contributed by atoms with Crippen molar-refractivity contribution in [2.45, 2.75) is 35.8 Å². The van der Waals surface area contributed by atoms with Gasteiger partial charge >= 0.3 is 0 Å².